The minimum absolute atomic E-state index is 0.200. The molecule has 1 heterocycles. The highest BCUT2D eigenvalue weighted by Gasteiger charge is 2.36. The van der Waals surface area contributed by atoms with Crippen LogP contribution in [0, 0.1) is 0 Å². The second-order valence-electron chi connectivity index (χ2n) is 6.77. The Hall–Kier alpha value is -2.09. The van der Waals surface area contributed by atoms with Gasteiger partial charge >= 0.3 is 6.18 Å². The van der Waals surface area contributed by atoms with E-state index < -0.39 is 23.9 Å². The average molecular weight is 381 g/mol. The molecule has 2 aromatic rings. The van der Waals surface area contributed by atoms with E-state index in [1.165, 1.54) is 13.2 Å². The SMILES string of the molecule is COc1cccc([C@H](O)CN2C[C@@H](O)C[C@H]2c2cccc(C(F)(F)F)c2)c1. The summed E-state index contributed by atoms with van der Waals surface area (Å²) < 4.78 is 44.2. The molecule has 0 aliphatic carbocycles. The molecule has 1 aliphatic rings. The number of methoxy groups -OCH3 is 1. The van der Waals surface area contributed by atoms with Gasteiger partial charge in [-0.15, -0.1) is 0 Å². The molecule has 0 spiro atoms. The zero-order chi connectivity index (χ0) is 19.6. The number of rotatable bonds is 5. The highest BCUT2D eigenvalue weighted by atomic mass is 19.4. The van der Waals surface area contributed by atoms with Crippen molar-refractivity contribution in [3.63, 3.8) is 0 Å². The Kier molecular flexibility index (Phi) is 5.74. The molecule has 3 atom stereocenters. The number of aliphatic hydroxyl groups is 2. The summed E-state index contributed by atoms with van der Waals surface area (Å²) in [6.45, 7) is 0.493. The predicted octanol–water partition coefficient (Wildman–Crippen LogP) is 3.56. The summed E-state index contributed by atoms with van der Waals surface area (Å²) in [4.78, 5) is 1.82. The predicted molar refractivity (Wildman–Crippen MR) is 94.3 cm³/mol. The Balaban J connectivity index is 1.80. The molecule has 0 bridgehead atoms. The van der Waals surface area contributed by atoms with E-state index in [-0.39, 0.29) is 12.6 Å². The van der Waals surface area contributed by atoms with E-state index in [1.54, 1.807) is 30.3 Å². The molecule has 7 heteroatoms. The lowest BCUT2D eigenvalue weighted by Crippen LogP contribution is -2.29. The topological polar surface area (TPSA) is 52.9 Å². The van der Waals surface area contributed by atoms with E-state index in [1.807, 2.05) is 4.90 Å². The number of hydrogen-bond acceptors (Lipinski definition) is 4. The molecule has 4 nitrogen and oxygen atoms in total. The number of hydrogen-bond donors (Lipinski definition) is 2. The summed E-state index contributed by atoms with van der Waals surface area (Å²) in [7, 11) is 1.53. The molecule has 2 aromatic carbocycles. The molecule has 0 aromatic heterocycles. The number of β-amino-alcohol motifs (C(OH)–C–C–N with tert-alkyl or cyclic N) is 2. The Morgan fingerprint density at radius 3 is 2.63 bits per heavy atom. The Morgan fingerprint density at radius 2 is 1.93 bits per heavy atom. The largest absolute Gasteiger partial charge is 0.497 e. The van der Waals surface area contributed by atoms with Gasteiger partial charge < -0.3 is 14.9 Å². The second kappa shape index (κ2) is 7.88. The maximum absolute atomic E-state index is 13.0. The first-order valence-electron chi connectivity index (χ1n) is 8.69. The van der Waals surface area contributed by atoms with E-state index in [0.717, 1.165) is 12.1 Å². The van der Waals surface area contributed by atoms with E-state index in [4.69, 9.17) is 4.74 Å². The molecule has 2 N–H and O–H groups in total. The van der Waals surface area contributed by atoms with Crippen LogP contribution in [-0.2, 0) is 6.18 Å². The first-order valence-corrected chi connectivity index (χ1v) is 8.69. The van der Waals surface area contributed by atoms with Crippen molar-refractivity contribution in [2.45, 2.75) is 30.8 Å². The van der Waals surface area contributed by atoms with Crippen molar-refractivity contribution in [3.05, 3.63) is 65.2 Å². The van der Waals surface area contributed by atoms with E-state index in [2.05, 4.69) is 0 Å². The molecule has 1 fully saturated rings. The quantitative estimate of drug-likeness (QED) is 0.832. The van der Waals surface area contributed by atoms with Gasteiger partial charge in [0.05, 0.1) is 24.9 Å². The van der Waals surface area contributed by atoms with Gasteiger partial charge in [0.2, 0.25) is 0 Å². The normalized spacial score (nSPS) is 22.0. The summed E-state index contributed by atoms with van der Waals surface area (Å²) in [6, 6.07) is 11.8. The van der Waals surface area contributed by atoms with Crippen LogP contribution in [0.15, 0.2) is 48.5 Å². The third kappa shape index (κ3) is 4.61. The third-order valence-electron chi connectivity index (χ3n) is 4.87. The molecule has 1 saturated heterocycles. The first kappa shape index (κ1) is 19.7. The lowest BCUT2D eigenvalue weighted by molar-refractivity contribution is -0.137. The van der Waals surface area contributed by atoms with Crippen LogP contribution < -0.4 is 4.74 Å². The van der Waals surface area contributed by atoms with Crippen LogP contribution in [0.2, 0.25) is 0 Å². The minimum Gasteiger partial charge on any atom is -0.497 e. The summed E-state index contributed by atoms with van der Waals surface area (Å²) in [5, 5.41) is 20.6. The maximum Gasteiger partial charge on any atom is 0.416 e. The summed E-state index contributed by atoms with van der Waals surface area (Å²) in [5.41, 5.74) is 0.424. The number of alkyl halides is 3. The Morgan fingerprint density at radius 1 is 1.19 bits per heavy atom. The van der Waals surface area contributed by atoms with Gasteiger partial charge in [-0.25, -0.2) is 0 Å². The molecule has 1 aliphatic heterocycles. The van der Waals surface area contributed by atoms with Crippen molar-refractivity contribution in [1.82, 2.24) is 4.90 Å². The van der Waals surface area contributed by atoms with Crippen LogP contribution >= 0.6 is 0 Å². The minimum atomic E-state index is -4.42. The highest BCUT2D eigenvalue weighted by Crippen LogP contribution is 2.37. The molecule has 0 saturated carbocycles. The molecular weight excluding hydrogens is 359 g/mol. The lowest BCUT2D eigenvalue weighted by Gasteiger charge is -2.27. The number of benzene rings is 2. The highest BCUT2D eigenvalue weighted by molar-refractivity contribution is 5.31. The van der Waals surface area contributed by atoms with Gasteiger partial charge in [0.1, 0.15) is 5.75 Å². The van der Waals surface area contributed by atoms with Crippen LogP contribution in [0.5, 0.6) is 5.75 Å². The van der Waals surface area contributed by atoms with E-state index in [0.29, 0.717) is 29.8 Å². The number of ether oxygens (including phenoxy) is 1. The van der Waals surface area contributed by atoms with Crippen molar-refractivity contribution in [3.8, 4) is 5.75 Å². The van der Waals surface area contributed by atoms with E-state index >= 15 is 0 Å². The van der Waals surface area contributed by atoms with Crippen molar-refractivity contribution in [2.24, 2.45) is 0 Å². The van der Waals surface area contributed by atoms with Gasteiger partial charge in [-0.05, 0) is 41.8 Å². The molecule has 0 unspecified atom stereocenters. The van der Waals surface area contributed by atoms with Gasteiger partial charge in [-0.1, -0.05) is 24.3 Å². The molecular formula is C20H22F3NO3. The number of aliphatic hydroxyl groups excluding tert-OH is 2. The zero-order valence-corrected chi connectivity index (χ0v) is 14.9. The van der Waals surface area contributed by atoms with Gasteiger partial charge in [0.15, 0.2) is 0 Å². The number of likely N-dealkylation sites (tertiary alicyclic amines) is 1. The Labute approximate surface area is 155 Å². The molecule has 0 amide bonds. The van der Waals surface area contributed by atoms with Gasteiger partial charge in [-0.2, -0.15) is 13.2 Å². The van der Waals surface area contributed by atoms with Crippen LogP contribution in [0.4, 0.5) is 13.2 Å². The molecule has 146 valence electrons. The van der Waals surface area contributed by atoms with Crippen molar-refractivity contribution in [2.75, 3.05) is 20.2 Å². The van der Waals surface area contributed by atoms with E-state index in [9.17, 15) is 23.4 Å². The fourth-order valence-corrected chi connectivity index (χ4v) is 3.53. The summed E-state index contributed by atoms with van der Waals surface area (Å²) in [6.07, 6.45) is -5.59. The van der Waals surface area contributed by atoms with Crippen LogP contribution in [0.3, 0.4) is 0 Å². The summed E-state index contributed by atoms with van der Waals surface area (Å²) in [5.74, 6) is 0.613. The fourth-order valence-electron chi connectivity index (χ4n) is 3.53. The lowest BCUT2D eigenvalue weighted by atomic mass is 10.0. The third-order valence-corrected chi connectivity index (χ3v) is 4.87. The van der Waals surface area contributed by atoms with Crippen LogP contribution in [0.1, 0.15) is 35.3 Å². The average Bonchev–Trinajstić information content (AvgIpc) is 3.01. The maximum atomic E-state index is 13.0. The second-order valence-corrected chi connectivity index (χ2v) is 6.77. The van der Waals surface area contributed by atoms with Crippen molar-refractivity contribution in [1.29, 1.82) is 0 Å². The smallest absolute Gasteiger partial charge is 0.416 e. The summed E-state index contributed by atoms with van der Waals surface area (Å²) >= 11 is 0. The van der Waals surface area contributed by atoms with Crippen molar-refractivity contribution >= 4 is 0 Å². The van der Waals surface area contributed by atoms with Gasteiger partial charge in [-0.3, -0.25) is 4.90 Å². The van der Waals surface area contributed by atoms with Crippen LogP contribution in [0.25, 0.3) is 0 Å². The standard InChI is InChI=1S/C20H22F3NO3/c1-27-17-7-3-5-14(9-17)19(26)12-24-11-16(25)10-18(24)13-4-2-6-15(8-13)20(21,22)23/h2-9,16,18-19,25-26H,10-12H2,1H3/t16-,18-,19+/m0/s1. The van der Waals surface area contributed by atoms with Gasteiger partial charge in [0, 0.05) is 19.1 Å². The zero-order valence-electron chi connectivity index (χ0n) is 14.9. The fraction of sp³-hybridized carbons (Fsp3) is 0.400. The monoisotopic (exact) mass is 381 g/mol. The molecule has 27 heavy (non-hydrogen) atoms. The molecule has 3 rings (SSSR count). The number of nitrogens with zero attached hydrogens (tertiary/aromatic N) is 1. The van der Waals surface area contributed by atoms with Crippen LogP contribution in [-0.4, -0.2) is 41.4 Å². The van der Waals surface area contributed by atoms with Crippen molar-refractivity contribution < 1.29 is 28.1 Å². The number of halogens is 3. The van der Waals surface area contributed by atoms with Gasteiger partial charge in [0.25, 0.3) is 0 Å². The Bertz CT molecular complexity index is 781. The first-order chi connectivity index (χ1) is 12.8. The molecule has 0 radical (unpaired) electrons.